The van der Waals surface area contributed by atoms with Gasteiger partial charge in [-0.3, -0.25) is 4.79 Å². The van der Waals surface area contributed by atoms with E-state index in [1.807, 2.05) is 0 Å². The largest absolute Gasteiger partial charge is 0.468 e. The van der Waals surface area contributed by atoms with Crippen LogP contribution in [0.3, 0.4) is 0 Å². The summed E-state index contributed by atoms with van der Waals surface area (Å²) in [5, 5.41) is 0. The lowest BCUT2D eigenvalue weighted by Gasteiger charge is -2.13. The van der Waals surface area contributed by atoms with Crippen molar-refractivity contribution in [2.24, 2.45) is 0 Å². The van der Waals surface area contributed by atoms with Gasteiger partial charge in [-0.15, -0.1) is 0 Å². The number of rotatable bonds is 2. The molecule has 0 bridgehead atoms. The molecule has 0 radical (unpaired) electrons. The molecule has 0 saturated carbocycles. The van der Waals surface area contributed by atoms with Gasteiger partial charge in [0.2, 0.25) is 0 Å². The molecular formula is C5H8BrFO2. The highest BCUT2D eigenvalue weighted by molar-refractivity contribution is 9.10. The number of esters is 1. The Morgan fingerprint density at radius 2 is 2.33 bits per heavy atom. The number of halogens is 2. The van der Waals surface area contributed by atoms with Gasteiger partial charge >= 0.3 is 5.97 Å². The Bertz CT molecular complexity index is 114. The lowest BCUT2D eigenvalue weighted by molar-refractivity contribution is -0.143. The predicted molar refractivity (Wildman–Crippen MR) is 35.3 cm³/mol. The summed E-state index contributed by atoms with van der Waals surface area (Å²) in [4.78, 5) is 10.6. The van der Waals surface area contributed by atoms with Crippen LogP contribution in [-0.2, 0) is 9.53 Å². The number of carbonyl (C=O) groups is 1. The molecule has 4 heteroatoms. The molecule has 0 spiro atoms. The van der Waals surface area contributed by atoms with Gasteiger partial charge in [0.25, 0.3) is 0 Å². The number of hydrogen-bond acceptors (Lipinski definition) is 2. The second-order valence-electron chi connectivity index (χ2n) is 1.82. The minimum Gasteiger partial charge on any atom is -0.468 e. The van der Waals surface area contributed by atoms with Crippen molar-refractivity contribution in [1.29, 1.82) is 0 Å². The fraction of sp³-hybridized carbons (Fsp3) is 0.800. The first-order chi connectivity index (χ1) is 4.04. The predicted octanol–water partition coefficient (Wildman–Crippen LogP) is 1.28. The maximum atomic E-state index is 11.9. The Hall–Kier alpha value is -0.120. The molecule has 0 rings (SSSR count). The highest BCUT2D eigenvalue weighted by atomic mass is 79.9. The van der Waals surface area contributed by atoms with E-state index in [1.165, 1.54) is 14.0 Å². The van der Waals surface area contributed by atoms with Crippen molar-refractivity contribution in [3.8, 4) is 0 Å². The lowest BCUT2D eigenvalue weighted by Crippen LogP contribution is -2.31. The molecule has 0 aromatic rings. The third-order valence-corrected chi connectivity index (χ3v) is 1.40. The van der Waals surface area contributed by atoms with Gasteiger partial charge < -0.3 is 4.74 Å². The molecule has 0 amide bonds. The van der Waals surface area contributed by atoms with E-state index in [9.17, 15) is 9.18 Å². The number of alkyl halides is 2. The van der Waals surface area contributed by atoms with Crippen LogP contribution < -0.4 is 0 Å². The van der Waals surface area contributed by atoms with Crippen molar-refractivity contribution in [1.82, 2.24) is 0 Å². The zero-order valence-electron chi connectivity index (χ0n) is 5.28. The van der Waals surface area contributed by atoms with E-state index in [0.717, 1.165) is 0 Å². The van der Waals surface area contributed by atoms with Crippen LogP contribution in [0, 0.1) is 0 Å². The molecule has 0 saturated heterocycles. The van der Waals surface area contributed by atoms with E-state index in [-0.39, 0.29) is 0 Å². The molecule has 0 N–H and O–H groups in total. The van der Waals surface area contributed by atoms with Crippen molar-refractivity contribution < 1.29 is 13.9 Å². The van der Waals surface area contributed by atoms with Crippen molar-refractivity contribution in [3.63, 3.8) is 0 Å². The molecule has 0 aromatic carbocycles. The smallest absolute Gasteiger partial charge is 0.325 e. The van der Waals surface area contributed by atoms with Crippen LogP contribution in [0.15, 0.2) is 0 Å². The Morgan fingerprint density at radius 3 is 2.44 bits per heavy atom. The third-order valence-electron chi connectivity index (χ3n) is 0.862. The quantitative estimate of drug-likeness (QED) is 0.494. The molecule has 9 heavy (non-hydrogen) atoms. The number of ether oxygens (including phenoxy) is 1. The first-order valence-electron chi connectivity index (χ1n) is 2.38. The summed E-state index contributed by atoms with van der Waals surface area (Å²) in [6.07, 6.45) is 0. The highest BCUT2D eigenvalue weighted by Crippen LogP contribution is 2.18. The zero-order chi connectivity index (χ0) is 7.49. The zero-order valence-corrected chi connectivity index (χ0v) is 6.87. The van der Waals surface area contributed by atoms with Crippen LogP contribution in [-0.4, -0.2) is 24.1 Å². The second kappa shape index (κ2) is 3.15. The van der Waals surface area contributed by atoms with Crippen LogP contribution in [0.4, 0.5) is 4.39 Å². The fourth-order valence-electron chi connectivity index (χ4n) is 0.267. The summed E-state index contributed by atoms with van der Waals surface area (Å²) in [6, 6.07) is 0. The summed E-state index contributed by atoms with van der Waals surface area (Å²) in [6.45, 7) is 0.651. The summed E-state index contributed by atoms with van der Waals surface area (Å²) < 4.78 is 15.0. The van der Waals surface area contributed by atoms with Crippen LogP contribution in [0.2, 0.25) is 0 Å². The van der Waals surface area contributed by atoms with Gasteiger partial charge in [0, 0.05) is 0 Å². The summed E-state index contributed by atoms with van der Waals surface area (Å²) in [5.74, 6) is -0.593. The summed E-state index contributed by atoms with van der Waals surface area (Å²) in [5.41, 5.74) is 0. The normalized spacial score (nSPS) is 16.4. The standard InChI is InChI=1S/C5H8BrFO2/c1-5(6,3-7)4(8)9-2/h3H2,1-2H3. The van der Waals surface area contributed by atoms with E-state index in [1.54, 1.807) is 0 Å². The molecular weight excluding hydrogens is 191 g/mol. The minimum atomic E-state index is -1.16. The van der Waals surface area contributed by atoms with Crippen LogP contribution in [0.25, 0.3) is 0 Å². The van der Waals surface area contributed by atoms with E-state index in [4.69, 9.17) is 0 Å². The van der Waals surface area contributed by atoms with E-state index >= 15 is 0 Å². The molecule has 0 aliphatic rings. The van der Waals surface area contributed by atoms with Gasteiger partial charge in [0.1, 0.15) is 11.0 Å². The van der Waals surface area contributed by atoms with Gasteiger partial charge in [-0.1, -0.05) is 15.9 Å². The van der Waals surface area contributed by atoms with Gasteiger partial charge in [-0.05, 0) is 6.92 Å². The average molecular weight is 199 g/mol. The summed E-state index contributed by atoms with van der Waals surface area (Å²) in [7, 11) is 1.22. The van der Waals surface area contributed by atoms with Crippen molar-refractivity contribution in [2.75, 3.05) is 13.8 Å². The molecule has 0 aliphatic heterocycles. The Balaban J connectivity index is 3.97. The SMILES string of the molecule is COC(=O)C(C)(Br)CF. The number of carbonyl (C=O) groups excluding carboxylic acids is 1. The Kier molecular flexibility index (Phi) is 3.11. The molecule has 0 fully saturated rings. The van der Waals surface area contributed by atoms with Crippen LogP contribution >= 0.6 is 15.9 Å². The molecule has 0 aromatic heterocycles. The fourth-order valence-corrected chi connectivity index (χ4v) is 0.429. The highest BCUT2D eigenvalue weighted by Gasteiger charge is 2.30. The Labute approximate surface area is 61.5 Å². The number of hydrogen-bond donors (Lipinski definition) is 0. The molecule has 54 valence electrons. The van der Waals surface area contributed by atoms with Crippen molar-refractivity contribution >= 4 is 21.9 Å². The second-order valence-corrected chi connectivity index (χ2v) is 3.57. The minimum absolute atomic E-state index is 0.593. The van der Waals surface area contributed by atoms with Crippen LogP contribution in [0.5, 0.6) is 0 Å². The average Bonchev–Trinajstić information content (AvgIpc) is 1.86. The maximum absolute atomic E-state index is 11.9. The molecule has 0 heterocycles. The first kappa shape index (κ1) is 8.88. The summed E-state index contributed by atoms with van der Waals surface area (Å²) >= 11 is 2.86. The molecule has 2 nitrogen and oxygen atoms in total. The lowest BCUT2D eigenvalue weighted by atomic mass is 10.2. The maximum Gasteiger partial charge on any atom is 0.325 e. The molecule has 0 aliphatic carbocycles. The van der Waals surface area contributed by atoms with Gasteiger partial charge in [0.05, 0.1) is 7.11 Å². The topological polar surface area (TPSA) is 26.3 Å². The third kappa shape index (κ3) is 2.30. The van der Waals surface area contributed by atoms with E-state index < -0.39 is 17.0 Å². The van der Waals surface area contributed by atoms with Crippen molar-refractivity contribution in [3.05, 3.63) is 0 Å². The first-order valence-corrected chi connectivity index (χ1v) is 3.17. The van der Waals surface area contributed by atoms with Crippen LogP contribution in [0.1, 0.15) is 6.92 Å². The van der Waals surface area contributed by atoms with Gasteiger partial charge in [0.15, 0.2) is 0 Å². The van der Waals surface area contributed by atoms with Gasteiger partial charge in [-0.25, -0.2) is 4.39 Å². The number of methoxy groups -OCH3 is 1. The van der Waals surface area contributed by atoms with E-state index in [0.29, 0.717) is 0 Å². The van der Waals surface area contributed by atoms with E-state index in [2.05, 4.69) is 20.7 Å². The molecule has 1 atom stereocenters. The van der Waals surface area contributed by atoms with Gasteiger partial charge in [-0.2, -0.15) is 0 Å². The monoisotopic (exact) mass is 198 g/mol. The van der Waals surface area contributed by atoms with Crippen molar-refractivity contribution in [2.45, 2.75) is 11.2 Å². The molecule has 1 unspecified atom stereocenters. The Morgan fingerprint density at radius 1 is 1.89 bits per heavy atom.